The average Bonchev–Trinajstić information content (AvgIpc) is 2.64. The van der Waals surface area contributed by atoms with Gasteiger partial charge in [0.15, 0.2) is 11.6 Å². The van der Waals surface area contributed by atoms with Crippen LogP contribution in [0.2, 0.25) is 0 Å². The van der Waals surface area contributed by atoms with Crippen molar-refractivity contribution in [2.75, 3.05) is 7.11 Å². The largest absolute Gasteiger partial charge is 0.493 e. The van der Waals surface area contributed by atoms with Gasteiger partial charge in [-0.1, -0.05) is 0 Å². The second-order valence-electron chi connectivity index (χ2n) is 3.46. The highest BCUT2D eigenvalue weighted by molar-refractivity contribution is 5.42. The van der Waals surface area contributed by atoms with E-state index in [1.165, 1.54) is 0 Å². The van der Waals surface area contributed by atoms with Crippen LogP contribution in [0, 0.1) is 13.8 Å². The normalized spacial score (nSPS) is 10.3. The third-order valence-electron chi connectivity index (χ3n) is 2.15. The van der Waals surface area contributed by atoms with E-state index in [2.05, 4.69) is 9.97 Å². The van der Waals surface area contributed by atoms with Crippen LogP contribution >= 0.6 is 0 Å². The van der Waals surface area contributed by atoms with Crippen LogP contribution in [0.15, 0.2) is 24.8 Å². The van der Waals surface area contributed by atoms with Gasteiger partial charge in [0.25, 0.3) is 0 Å². The summed E-state index contributed by atoms with van der Waals surface area (Å²) in [7, 11) is 1.64. The zero-order chi connectivity index (χ0) is 10.8. The zero-order valence-corrected chi connectivity index (χ0v) is 9.06. The average molecular weight is 203 g/mol. The lowest BCUT2D eigenvalue weighted by molar-refractivity contribution is 0.410. The summed E-state index contributed by atoms with van der Waals surface area (Å²) in [6, 6.07) is 1.96. The Labute approximate surface area is 88.6 Å². The Morgan fingerprint density at radius 2 is 2.07 bits per heavy atom. The molecule has 0 aromatic carbocycles. The number of pyridine rings is 1. The van der Waals surface area contributed by atoms with Crippen LogP contribution in [0.5, 0.6) is 5.75 Å². The SMILES string of the molecule is COc1cc(C)cnc1-n1cnc(C)c1. The molecule has 2 rings (SSSR count). The maximum Gasteiger partial charge on any atom is 0.180 e. The molecule has 2 aromatic heterocycles. The van der Waals surface area contributed by atoms with Crippen LogP contribution in [0.1, 0.15) is 11.3 Å². The fourth-order valence-corrected chi connectivity index (χ4v) is 1.42. The van der Waals surface area contributed by atoms with Crippen molar-refractivity contribution in [1.82, 2.24) is 14.5 Å². The van der Waals surface area contributed by atoms with Crippen LogP contribution in [0.3, 0.4) is 0 Å². The molecule has 0 aliphatic heterocycles. The molecule has 0 N–H and O–H groups in total. The Balaban J connectivity index is 2.52. The number of rotatable bonds is 2. The van der Waals surface area contributed by atoms with Gasteiger partial charge in [0.05, 0.1) is 12.8 Å². The second kappa shape index (κ2) is 3.73. The Bertz CT molecular complexity index is 476. The number of methoxy groups -OCH3 is 1. The molecule has 0 bridgehead atoms. The number of nitrogens with zero attached hydrogens (tertiary/aromatic N) is 3. The maximum atomic E-state index is 5.28. The number of imidazole rings is 1. The first-order chi connectivity index (χ1) is 7.20. The van der Waals surface area contributed by atoms with Gasteiger partial charge >= 0.3 is 0 Å². The molecule has 0 amide bonds. The molecule has 2 heterocycles. The van der Waals surface area contributed by atoms with Crippen LogP contribution < -0.4 is 4.74 Å². The Kier molecular flexibility index (Phi) is 2.41. The summed E-state index contributed by atoms with van der Waals surface area (Å²) in [6.07, 6.45) is 5.46. The molecule has 15 heavy (non-hydrogen) atoms. The smallest absolute Gasteiger partial charge is 0.180 e. The first kappa shape index (κ1) is 9.71. The van der Waals surface area contributed by atoms with Crippen LogP contribution in [-0.4, -0.2) is 21.6 Å². The van der Waals surface area contributed by atoms with Crippen molar-refractivity contribution in [2.45, 2.75) is 13.8 Å². The Morgan fingerprint density at radius 1 is 1.27 bits per heavy atom. The monoisotopic (exact) mass is 203 g/mol. The van der Waals surface area contributed by atoms with Crippen LogP contribution in [-0.2, 0) is 0 Å². The molecule has 78 valence electrons. The summed E-state index contributed by atoms with van der Waals surface area (Å²) < 4.78 is 7.13. The van der Waals surface area contributed by atoms with E-state index in [9.17, 15) is 0 Å². The van der Waals surface area contributed by atoms with Crippen LogP contribution in [0.25, 0.3) is 5.82 Å². The van der Waals surface area contributed by atoms with E-state index < -0.39 is 0 Å². The number of aryl methyl sites for hydroxylation is 2. The fourth-order valence-electron chi connectivity index (χ4n) is 1.42. The van der Waals surface area contributed by atoms with E-state index >= 15 is 0 Å². The lowest BCUT2D eigenvalue weighted by atomic mass is 10.3. The van der Waals surface area contributed by atoms with E-state index in [-0.39, 0.29) is 0 Å². The third kappa shape index (κ3) is 1.83. The van der Waals surface area contributed by atoms with Crippen molar-refractivity contribution >= 4 is 0 Å². The molecule has 4 nitrogen and oxygen atoms in total. The first-order valence-corrected chi connectivity index (χ1v) is 4.72. The van der Waals surface area contributed by atoms with E-state index in [0.717, 1.165) is 22.8 Å². The van der Waals surface area contributed by atoms with Gasteiger partial charge in [-0.3, -0.25) is 4.57 Å². The van der Waals surface area contributed by atoms with Crippen molar-refractivity contribution < 1.29 is 4.74 Å². The van der Waals surface area contributed by atoms with E-state index in [1.54, 1.807) is 13.4 Å². The predicted octanol–water partition coefficient (Wildman–Crippen LogP) is 1.89. The van der Waals surface area contributed by atoms with E-state index in [4.69, 9.17) is 4.74 Å². The Hall–Kier alpha value is -1.84. The van der Waals surface area contributed by atoms with Gasteiger partial charge in [0.1, 0.15) is 6.33 Å². The number of hydrogen-bond donors (Lipinski definition) is 0. The Morgan fingerprint density at radius 3 is 2.67 bits per heavy atom. The maximum absolute atomic E-state index is 5.28. The van der Waals surface area contributed by atoms with Crippen molar-refractivity contribution in [3.8, 4) is 11.6 Å². The van der Waals surface area contributed by atoms with Gasteiger partial charge in [-0.05, 0) is 25.5 Å². The highest BCUT2D eigenvalue weighted by Crippen LogP contribution is 2.21. The molecular formula is C11H13N3O. The van der Waals surface area contributed by atoms with Gasteiger partial charge < -0.3 is 4.74 Å². The predicted molar refractivity (Wildman–Crippen MR) is 57.4 cm³/mol. The summed E-state index contributed by atoms with van der Waals surface area (Å²) in [6.45, 7) is 3.93. The highest BCUT2D eigenvalue weighted by Gasteiger charge is 2.07. The number of aromatic nitrogens is 3. The topological polar surface area (TPSA) is 39.9 Å². The first-order valence-electron chi connectivity index (χ1n) is 4.72. The molecule has 0 spiro atoms. The molecule has 0 fully saturated rings. The molecule has 4 heteroatoms. The van der Waals surface area contributed by atoms with E-state index in [0.29, 0.717) is 0 Å². The number of ether oxygens (including phenoxy) is 1. The van der Waals surface area contributed by atoms with Gasteiger partial charge in [-0.2, -0.15) is 0 Å². The van der Waals surface area contributed by atoms with Crippen molar-refractivity contribution in [2.24, 2.45) is 0 Å². The van der Waals surface area contributed by atoms with Gasteiger partial charge in [0.2, 0.25) is 0 Å². The van der Waals surface area contributed by atoms with E-state index in [1.807, 2.05) is 36.9 Å². The third-order valence-corrected chi connectivity index (χ3v) is 2.15. The summed E-state index contributed by atoms with van der Waals surface area (Å²) >= 11 is 0. The minimum Gasteiger partial charge on any atom is -0.493 e. The summed E-state index contributed by atoms with van der Waals surface area (Å²) in [5.74, 6) is 1.52. The zero-order valence-electron chi connectivity index (χ0n) is 9.06. The number of hydrogen-bond acceptors (Lipinski definition) is 3. The minimum absolute atomic E-state index is 0.757. The van der Waals surface area contributed by atoms with Gasteiger partial charge in [0, 0.05) is 12.4 Å². The summed E-state index contributed by atoms with van der Waals surface area (Å²) in [5, 5.41) is 0. The molecule has 0 saturated heterocycles. The molecule has 0 atom stereocenters. The lowest BCUT2D eigenvalue weighted by Gasteiger charge is -2.08. The van der Waals surface area contributed by atoms with Crippen LogP contribution in [0.4, 0.5) is 0 Å². The van der Waals surface area contributed by atoms with Gasteiger partial charge in [-0.25, -0.2) is 9.97 Å². The molecule has 0 aliphatic carbocycles. The standard InChI is InChI=1S/C11H13N3O/c1-8-4-10(15-3)11(12-5-8)14-6-9(2)13-7-14/h4-7H,1-3H3. The molecule has 0 aliphatic rings. The molecule has 2 aromatic rings. The molecule has 0 unspecified atom stereocenters. The van der Waals surface area contributed by atoms with Crippen molar-refractivity contribution in [3.63, 3.8) is 0 Å². The van der Waals surface area contributed by atoms with Gasteiger partial charge in [-0.15, -0.1) is 0 Å². The van der Waals surface area contributed by atoms with Crippen molar-refractivity contribution in [3.05, 3.63) is 36.0 Å². The second-order valence-corrected chi connectivity index (χ2v) is 3.46. The quantitative estimate of drug-likeness (QED) is 0.748. The molecule has 0 saturated carbocycles. The summed E-state index contributed by atoms with van der Waals surface area (Å²) in [5.41, 5.74) is 2.03. The fraction of sp³-hybridized carbons (Fsp3) is 0.273. The highest BCUT2D eigenvalue weighted by atomic mass is 16.5. The molecular weight excluding hydrogens is 190 g/mol. The minimum atomic E-state index is 0.757. The lowest BCUT2D eigenvalue weighted by Crippen LogP contribution is -1.99. The molecule has 0 radical (unpaired) electrons. The summed E-state index contributed by atoms with van der Waals surface area (Å²) in [4.78, 5) is 8.49. The van der Waals surface area contributed by atoms with Crippen molar-refractivity contribution in [1.29, 1.82) is 0 Å².